The van der Waals surface area contributed by atoms with Crippen molar-refractivity contribution in [2.45, 2.75) is 49.0 Å². The molecular formula is C60H50Cl4N8O12. The fraction of sp³-hybridized carbons (Fsp3) is 0.233. The molecule has 0 radical (unpaired) electrons. The first-order chi connectivity index (χ1) is 39.9. The van der Waals surface area contributed by atoms with Gasteiger partial charge in [-0.05, 0) is 110 Å². The highest BCUT2D eigenvalue weighted by Crippen LogP contribution is 2.46. The van der Waals surface area contributed by atoms with Crippen molar-refractivity contribution in [1.29, 1.82) is 10.5 Å². The Morgan fingerprint density at radius 3 is 1.13 bits per heavy atom. The molecule has 2 spiro atoms. The third-order valence-electron chi connectivity index (χ3n) is 14.8. The second-order valence-electron chi connectivity index (χ2n) is 20.0. The van der Waals surface area contributed by atoms with Crippen LogP contribution in [0.15, 0.2) is 133 Å². The molecule has 0 bridgehead atoms. The van der Waals surface area contributed by atoms with Crippen LogP contribution in [0.5, 0.6) is 0 Å². The number of ether oxygens (including phenoxy) is 2. The predicted octanol–water partition coefficient (Wildman–Crippen LogP) is 9.00. The zero-order valence-electron chi connectivity index (χ0n) is 45.0. The molecule has 4 aliphatic heterocycles. The van der Waals surface area contributed by atoms with Crippen LogP contribution in [0.4, 0.5) is 21.0 Å². The van der Waals surface area contributed by atoms with E-state index in [1.54, 1.807) is 113 Å². The van der Waals surface area contributed by atoms with Crippen LogP contribution in [-0.2, 0) is 28.7 Å². The van der Waals surface area contributed by atoms with Gasteiger partial charge in [0.1, 0.15) is 11.1 Å². The van der Waals surface area contributed by atoms with E-state index in [1.807, 2.05) is 24.3 Å². The number of nitrogens with zero attached hydrogens (tertiary/aromatic N) is 6. The lowest BCUT2D eigenvalue weighted by atomic mass is 9.80. The topological polar surface area (TPSA) is 280 Å². The van der Waals surface area contributed by atoms with Crippen molar-refractivity contribution in [3.05, 3.63) is 198 Å². The van der Waals surface area contributed by atoms with Crippen LogP contribution in [0.25, 0.3) is 0 Å². The minimum absolute atomic E-state index is 0.0332. The monoisotopic (exact) mass is 1210 g/mol. The van der Waals surface area contributed by atoms with Crippen LogP contribution < -0.4 is 20.4 Å². The lowest BCUT2D eigenvalue weighted by Gasteiger charge is -2.33. The van der Waals surface area contributed by atoms with Gasteiger partial charge in [0.15, 0.2) is 0 Å². The number of likely N-dealkylation sites (N-methyl/N-ethyl adjacent to an activating group) is 2. The van der Waals surface area contributed by atoms with Crippen LogP contribution in [0, 0.1) is 36.5 Å². The van der Waals surface area contributed by atoms with Crippen molar-refractivity contribution in [1.82, 2.24) is 20.4 Å². The molecule has 430 valence electrons. The van der Waals surface area contributed by atoms with Crippen LogP contribution in [0.1, 0.15) is 65.9 Å². The summed E-state index contributed by atoms with van der Waals surface area (Å²) >= 11 is 24.3. The molecule has 4 aliphatic rings. The molecule has 4 fully saturated rings. The standard InChI is InChI=1S/2C20H16Cl2N4O2.C20H18O8/c2*1-25-19(28)26(16-7-14(21)6-15(22)8-16)18(27)20(25)11-24-10-17(20)13-4-2-12(9-23)3-5-13;1-11-3-7-13(8-4-11)19(25)27-15(17(21)22)16(18(23)24)28-20(26)14-9-5-12(2)6-10-14/h2*2-8,17,24H,10-11H2,1H3;3-10,15-16H,1-2H3,(H,21,22)(H,23,24)/t2*17-,20+;15-,16-/m000/s1. The van der Waals surface area contributed by atoms with E-state index in [9.17, 15) is 48.6 Å². The van der Waals surface area contributed by atoms with Gasteiger partial charge in [0.05, 0.1) is 45.8 Å². The van der Waals surface area contributed by atoms with Crippen molar-refractivity contribution in [2.24, 2.45) is 0 Å². The maximum absolute atomic E-state index is 13.6. The SMILES string of the molecule is CN1C(=O)N(c2cc(Cl)cc(Cl)c2)C(=O)[C@]12CNC[C@H]2c1ccc(C#N)cc1.CN1C(=O)N(c2cc(Cl)cc(Cl)c2)C(=O)[C@]12CNC[C@H]2c1ccc(C#N)cc1.Cc1ccc(C(=O)O[C@H](C(=O)O)[C@H](OC(=O)c2ccc(C)cc2)C(=O)O)cc1. The molecule has 4 heterocycles. The summed E-state index contributed by atoms with van der Waals surface area (Å²) < 4.78 is 9.64. The Balaban J connectivity index is 0.000000164. The zero-order chi connectivity index (χ0) is 60.9. The molecule has 0 unspecified atom stereocenters. The van der Waals surface area contributed by atoms with Gasteiger partial charge in [-0.15, -0.1) is 0 Å². The number of benzene rings is 6. The lowest BCUT2D eigenvalue weighted by Crippen LogP contribution is -2.53. The number of hydrogen-bond donors (Lipinski definition) is 4. The molecule has 4 saturated heterocycles. The van der Waals surface area contributed by atoms with Gasteiger partial charge in [-0.2, -0.15) is 10.5 Å². The number of carboxylic acid groups (broad SMARTS) is 2. The fourth-order valence-corrected chi connectivity index (χ4v) is 11.5. The van der Waals surface area contributed by atoms with E-state index < -0.39 is 59.2 Å². The molecule has 6 aromatic carbocycles. The third kappa shape index (κ3) is 12.1. The van der Waals surface area contributed by atoms with Gasteiger partial charge in [-0.3, -0.25) is 9.59 Å². The minimum Gasteiger partial charge on any atom is -0.478 e. The number of imide groups is 2. The summed E-state index contributed by atoms with van der Waals surface area (Å²) in [5.41, 5.74) is 3.25. The van der Waals surface area contributed by atoms with Crippen LogP contribution in [-0.4, -0.2) is 131 Å². The van der Waals surface area contributed by atoms with Crippen molar-refractivity contribution in [3.8, 4) is 12.1 Å². The number of urea groups is 2. The van der Waals surface area contributed by atoms with Gasteiger partial charge >= 0.3 is 35.9 Å². The first-order valence-electron chi connectivity index (χ1n) is 25.5. The quantitative estimate of drug-likeness (QED) is 0.0695. The predicted molar refractivity (Wildman–Crippen MR) is 309 cm³/mol. The Kier molecular flexibility index (Phi) is 18.5. The maximum Gasteiger partial charge on any atom is 0.349 e. The number of nitrogens with one attached hydrogen (secondary N) is 2. The van der Waals surface area contributed by atoms with E-state index in [2.05, 4.69) is 22.8 Å². The summed E-state index contributed by atoms with van der Waals surface area (Å²) in [4.78, 5) is 106. The van der Waals surface area contributed by atoms with E-state index in [0.29, 0.717) is 68.8 Å². The van der Waals surface area contributed by atoms with Gasteiger partial charge in [0, 0.05) is 72.2 Å². The molecular weight excluding hydrogens is 1170 g/mol. The Hall–Kier alpha value is -8.86. The highest BCUT2D eigenvalue weighted by Gasteiger charge is 2.64. The normalized spacial score (nSPS) is 20.4. The van der Waals surface area contributed by atoms with Gasteiger partial charge in [0.2, 0.25) is 12.2 Å². The smallest absolute Gasteiger partial charge is 0.349 e. The highest BCUT2D eigenvalue weighted by atomic mass is 35.5. The number of carbonyl (C=O) groups excluding carboxylic acids is 6. The number of carbonyl (C=O) groups is 8. The Morgan fingerprint density at radius 1 is 0.536 bits per heavy atom. The average Bonchev–Trinajstić information content (AvgIpc) is 1.61. The van der Waals surface area contributed by atoms with Crippen LogP contribution in [0.2, 0.25) is 20.1 Å². The number of anilines is 2. The van der Waals surface area contributed by atoms with Crippen molar-refractivity contribution < 1.29 is 58.0 Å². The summed E-state index contributed by atoms with van der Waals surface area (Å²) in [6, 6.07) is 38.9. The van der Waals surface area contributed by atoms with Gasteiger partial charge in [-0.1, -0.05) is 106 Å². The molecule has 6 amide bonds. The van der Waals surface area contributed by atoms with Gasteiger partial charge in [-0.25, -0.2) is 38.6 Å². The fourth-order valence-electron chi connectivity index (χ4n) is 10.4. The molecule has 20 nitrogen and oxygen atoms in total. The Morgan fingerprint density at radius 2 is 0.845 bits per heavy atom. The third-order valence-corrected chi connectivity index (χ3v) is 15.7. The molecule has 0 aliphatic carbocycles. The lowest BCUT2D eigenvalue weighted by molar-refractivity contribution is -0.166. The summed E-state index contributed by atoms with van der Waals surface area (Å²) in [5, 5.41) is 44.6. The zero-order valence-corrected chi connectivity index (χ0v) is 48.0. The number of halogens is 4. The van der Waals surface area contributed by atoms with E-state index >= 15 is 0 Å². The van der Waals surface area contributed by atoms with E-state index in [0.717, 1.165) is 32.1 Å². The van der Waals surface area contributed by atoms with Gasteiger partial charge < -0.3 is 40.1 Å². The second-order valence-corrected chi connectivity index (χ2v) is 21.7. The largest absolute Gasteiger partial charge is 0.478 e. The highest BCUT2D eigenvalue weighted by molar-refractivity contribution is 6.36. The van der Waals surface area contributed by atoms with Crippen LogP contribution in [0.3, 0.4) is 0 Å². The Bertz CT molecular complexity index is 3410. The first-order valence-corrected chi connectivity index (χ1v) is 27.1. The number of carboxylic acids is 2. The molecule has 6 aromatic rings. The number of hydrogen-bond acceptors (Lipinski definition) is 14. The molecule has 6 atom stereocenters. The maximum atomic E-state index is 13.6. The summed E-state index contributed by atoms with van der Waals surface area (Å²) in [7, 11) is 3.27. The molecule has 24 heteroatoms. The van der Waals surface area contributed by atoms with Crippen molar-refractivity contribution in [2.75, 3.05) is 50.1 Å². The number of nitriles is 2. The van der Waals surface area contributed by atoms with Gasteiger partial charge in [0.25, 0.3) is 11.8 Å². The molecule has 84 heavy (non-hydrogen) atoms. The van der Waals surface area contributed by atoms with E-state index in [-0.39, 0.29) is 34.8 Å². The summed E-state index contributed by atoms with van der Waals surface area (Å²) in [6.07, 6.45) is -4.44. The van der Waals surface area contributed by atoms with Crippen LogP contribution >= 0.6 is 46.4 Å². The summed E-state index contributed by atoms with van der Waals surface area (Å²) in [6.45, 7) is 5.34. The molecule has 4 N–H and O–H groups in total. The van der Waals surface area contributed by atoms with E-state index in [4.69, 9.17) is 66.4 Å². The first kappa shape index (κ1) is 61.2. The molecule has 10 rings (SSSR count). The number of amides is 6. The number of rotatable bonds is 11. The second kappa shape index (κ2) is 25.3. The van der Waals surface area contributed by atoms with Crippen molar-refractivity contribution >= 4 is 106 Å². The number of aryl methyl sites for hydroxylation is 2. The van der Waals surface area contributed by atoms with E-state index in [1.165, 1.54) is 34.1 Å². The average molecular weight is 1220 g/mol. The summed E-state index contributed by atoms with van der Waals surface area (Å²) in [5.74, 6) is -6.76. The molecule has 0 aromatic heterocycles. The Labute approximate surface area is 501 Å². The number of esters is 2. The molecule has 0 saturated carbocycles. The minimum atomic E-state index is -2.22. The number of aliphatic carboxylic acids is 2. The van der Waals surface area contributed by atoms with Crippen molar-refractivity contribution in [3.63, 3.8) is 0 Å².